The van der Waals surface area contributed by atoms with E-state index in [1.54, 1.807) is 12.1 Å². The summed E-state index contributed by atoms with van der Waals surface area (Å²) in [7, 11) is 0. The van der Waals surface area contributed by atoms with Crippen molar-refractivity contribution in [3.05, 3.63) is 34.9 Å². The molecule has 19 heavy (non-hydrogen) atoms. The number of carbonyl (C=O) groups excluding carboxylic acids is 2. The number of thioether (sulfide) groups is 1. The molecule has 100 valence electrons. The number of hydrogen-bond donors (Lipinski definition) is 1. The fraction of sp³-hybridized carbons (Fsp3) is 0.250. The van der Waals surface area contributed by atoms with Crippen LogP contribution >= 0.6 is 23.4 Å². The second-order valence-corrected chi connectivity index (χ2v) is 5.48. The van der Waals surface area contributed by atoms with Gasteiger partial charge in [-0.1, -0.05) is 35.5 Å². The zero-order chi connectivity index (χ0) is 14.0. The molecule has 0 saturated carbocycles. The van der Waals surface area contributed by atoms with Crippen molar-refractivity contribution in [2.75, 3.05) is 0 Å². The highest BCUT2D eigenvalue weighted by molar-refractivity contribution is 8.14. The molecule has 2 amide bonds. The van der Waals surface area contributed by atoms with Crippen molar-refractivity contribution >= 4 is 40.3 Å². The standard InChI is InChI=1S/C12H12ClN3O2S/c1-7(17)14-12-15-16(8(2)18)11(19-12)9-3-5-10(13)6-4-9/h3-6,11H,1-2H3,(H,14,15,17). The lowest BCUT2D eigenvalue weighted by Crippen LogP contribution is -2.25. The maximum absolute atomic E-state index is 11.6. The normalized spacial score (nSPS) is 18.2. The molecule has 0 bridgehead atoms. The summed E-state index contributed by atoms with van der Waals surface area (Å²) in [4.78, 5) is 22.6. The molecule has 1 atom stereocenters. The summed E-state index contributed by atoms with van der Waals surface area (Å²) in [5.41, 5.74) is 0.897. The van der Waals surface area contributed by atoms with E-state index in [1.165, 1.54) is 30.6 Å². The Kier molecular flexibility index (Phi) is 4.11. The molecule has 0 aromatic heterocycles. The molecule has 1 unspecified atom stereocenters. The van der Waals surface area contributed by atoms with Gasteiger partial charge < -0.3 is 5.32 Å². The first-order chi connectivity index (χ1) is 8.97. The largest absolute Gasteiger partial charge is 0.304 e. The molecule has 1 aromatic carbocycles. The summed E-state index contributed by atoms with van der Waals surface area (Å²) in [6, 6.07) is 7.18. The number of amides is 2. The predicted octanol–water partition coefficient (Wildman–Crippen LogP) is 2.34. The molecule has 1 aliphatic heterocycles. The zero-order valence-electron chi connectivity index (χ0n) is 10.4. The molecule has 2 rings (SSSR count). The molecule has 0 spiro atoms. The molecule has 0 aliphatic carbocycles. The van der Waals surface area contributed by atoms with Gasteiger partial charge in [0.05, 0.1) is 0 Å². The van der Waals surface area contributed by atoms with E-state index in [-0.39, 0.29) is 17.2 Å². The van der Waals surface area contributed by atoms with Crippen LogP contribution in [-0.2, 0) is 9.59 Å². The van der Waals surface area contributed by atoms with Crippen LogP contribution in [0.1, 0.15) is 24.8 Å². The van der Waals surface area contributed by atoms with Crippen LogP contribution < -0.4 is 5.32 Å². The van der Waals surface area contributed by atoms with E-state index in [9.17, 15) is 9.59 Å². The second-order valence-electron chi connectivity index (χ2n) is 3.97. The number of nitrogens with zero attached hydrogens (tertiary/aromatic N) is 2. The highest BCUT2D eigenvalue weighted by Crippen LogP contribution is 2.38. The Morgan fingerprint density at radius 1 is 1.32 bits per heavy atom. The van der Waals surface area contributed by atoms with E-state index in [4.69, 9.17) is 11.6 Å². The first-order valence-electron chi connectivity index (χ1n) is 5.55. The summed E-state index contributed by atoms with van der Waals surface area (Å²) in [6.45, 7) is 2.83. The summed E-state index contributed by atoms with van der Waals surface area (Å²) in [6.07, 6.45) is 0. The zero-order valence-corrected chi connectivity index (χ0v) is 12.0. The molecule has 0 saturated heterocycles. The van der Waals surface area contributed by atoms with Crippen molar-refractivity contribution in [2.45, 2.75) is 19.2 Å². The minimum Gasteiger partial charge on any atom is -0.304 e. The van der Waals surface area contributed by atoms with E-state index < -0.39 is 0 Å². The number of halogens is 1. The summed E-state index contributed by atoms with van der Waals surface area (Å²) in [5.74, 6) is -0.403. The number of hydrazone groups is 1. The van der Waals surface area contributed by atoms with E-state index in [2.05, 4.69) is 10.4 Å². The minimum absolute atomic E-state index is 0.187. The van der Waals surface area contributed by atoms with Gasteiger partial charge in [-0.3, -0.25) is 9.59 Å². The Labute approximate surface area is 120 Å². The topological polar surface area (TPSA) is 61.8 Å². The van der Waals surface area contributed by atoms with E-state index in [1.807, 2.05) is 12.1 Å². The average Bonchev–Trinajstić information content (AvgIpc) is 2.73. The highest BCUT2D eigenvalue weighted by Gasteiger charge is 2.32. The van der Waals surface area contributed by atoms with Crippen molar-refractivity contribution in [1.29, 1.82) is 0 Å². The van der Waals surface area contributed by atoms with Crippen LogP contribution in [0.3, 0.4) is 0 Å². The lowest BCUT2D eigenvalue weighted by molar-refractivity contribution is -0.129. The van der Waals surface area contributed by atoms with Gasteiger partial charge in [0.2, 0.25) is 11.8 Å². The Hall–Kier alpha value is -1.53. The lowest BCUT2D eigenvalue weighted by atomic mass is 10.2. The fourth-order valence-electron chi connectivity index (χ4n) is 1.61. The minimum atomic E-state index is -0.281. The maximum atomic E-state index is 11.6. The number of amidine groups is 1. The van der Waals surface area contributed by atoms with Crippen molar-refractivity contribution in [2.24, 2.45) is 5.10 Å². The van der Waals surface area contributed by atoms with Crippen LogP contribution in [0.4, 0.5) is 0 Å². The van der Waals surface area contributed by atoms with Crippen molar-refractivity contribution in [3.63, 3.8) is 0 Å². The number of nitrogens with one attached hydrogen (secondary N) is 1. The van der Waals surface area contributed by atoms with Crippen molar-refractivity contribution in [1.82, 2.24) is 10.3 Å². The van der Waals surface area contributed by atoms with E-state index in [0.29, 0.717) is 10.2 Å². The van der Waals surface area contributed by atoms with Gasteiger partial charge in [0.1, 0.15) is 5.37 Å². The monoisotopic (exact) mass is 297 g/mol. The summed E-state index contributed by atoms with van der Waals surface area (Å²) >= 11 is 7.16. The first kappa shape index (κ1) is 13.9. The van der Waals surface area contributed by atoms with E-state index >= 15 is 0 Å². The van der Waals surface area contributed by atoms with Crippen LogP contribution in [-0.4, -0.2) is 22.0 Å². The van der Waals surface area contributed by atoms with Gasteiger partial charge in [0.25, 0.3) is 0 Å². The van der Waals surface area contributed by atoms with Gasteiger partial charge in [-0.2, -0.15) is 0 Å². The van der Waals surface area contributed by atoms with Crippen molar-refractivity contribution in [3.8, 4) is 0 Å². The summed E-state index contributed by atoms with van der Waals surface area (Å²) < 4.78 is 0. The highest BCUT2D eigenvalue weighted by atomic mass is 35.5. The first-order valence-corrected chi connectivity index (χ1v) is 6.81. The molecule has 1 heterocycles. The van der Waals surface area contributed by atoms with Gasteiger partial charge in [0.15, 0.2) is 5.17 Å². The third kappa shape index (κ3) is 3.27. The Morgan fingerprint density at radius 2 is 1.95 bits per heavy atom. The van der Waals surface area contributed by atoms with Crippen LogP contribution in [0.15, 0.2) is 29.4 Å². The Morgan fingerprint density at radius 3 is 2.47 bits per heavy atom. The van der Waals surface area contributed by atoms with Gasteiger partial charge >= 0.3 is 0 Å². The average molecular weight is 298 g/mol. The molecule has 7 heteroatoms. The third-order valence-electron chi connectivity index (χ3n) is 2.40. The molecule has 1 aromatic rings. The molecule has 1 N–H and O–H groups in total. The Balaban J connectivity index is 2.24. The van der Waals surface area contributed by atoms with E-state index in [0.717, 1.165) is 5.56 Å². The molecule has 1 aliphatic rings. The van der Waals surface area contributed by atoms with Crippen LogP contribution in [0.5, 0.6) is 0 Å². The quantitative estimate of drug-likeness (QED) is 0.865. The van der Waals surface area contributed by atoms with Gasteiger partial charge in [-0.25, -0.2) is 5.01 Å². The van der Waals surface area contributed by atoms with Crippen molar-refractivity contribution < 1.29 is 9.59 Å². The molecular formula is C12H12ClN3O2S. The predicted molar refractivity (Wildman–Crippen MR) is 75.6 cm³/mol. The molecule has 5 nitrogen and oxygen atoms in total. The van der Waals surface area contributed by atoms with Gasteiger partial charge in [-0.05, 0) is 17.7 Å². The van der Waals surface area contributed by atoms with Gasteiger partial charge in [-0.15, -0.1) is 5.10 Å². The third-order valence-corrected chi connectivity index (χ3v) is 3.76. The number of carbonyl (C=O) groups is 2. The molecule has 0 radical (unpaired) electrons. The fourth-order valence-corrected chi connectivity index (χ4v) is 2.87. The SMILES string of the molecule is CC(=O)NC1=NN(C(C)=O)C(c2ccc(Cl)cc2)S1. The number of hydrogen-bond acceptors (Lipinski definition) is 4. The second kappa shape index (κ2) is 5.63. The van der Waals surface area contributed by atoms with Crippen LogP contribution in [0.2, 0.25) is 5.02 Å². The molecular weight excluding hydrogens is 286 g/mol. The molecule has 0 fully saturated rings. The van der Waals surface area contributed by atoms with Crippen LogP contribution in [0, 0.1) is 0 Å². The summed E-state index contributed by atoms with van der Waals surface area (Å²) in [5, 5.41) is 8.81. The number of rotatable bonds is 1. The maximum Gasteiger partial charge on any atom is 0.241 e. The Bertz CT molecular complexity index is 544. The lowest BCUT2D eigenvalue weighted by Gasteiger charge is -2.19. The van der Waals surface area contributed by atoms with Crippen LogP contribution in [0.25, 0.3) is 0 Å². The smallest absolute Gasteiger partial charge is 0.241 e. The number of benzene rings is 1. The van der Waals surface area contributed by atoms with Gasteiger partial charge in [0, 0.05) is 18.9 Å².